The molecule has 4 nitrogen and oxygen atoms in total. The number of rotatable bonds is 5. The second-order valence-corrected chi connectivity index (χ2v) is 6.65. The first-order chi connectivity index (χ1) is 13.5. The minimum atomic E-state index is -2.86. The Labute approximate surface area is 161 Å². The molecule has 1 aromatic carbocycles. The number of halogens is 2. The van der Waals surface area contributed by atoms with Crippen LogP contribution >= 0.6 is 0 Å². The number of ether oxygens (including phenoxy) is 1. The summed E-state index contributed by atoms with van der Waals surface area (Å²) >= 11 is 0. The second kappa shape index (κ2) is 7.38. The summed E-state index contributed by atoms with van der Waals surface area (Å²) in [7, 11) is 0. The van der Waals surface area contributed by atoms with Crippen LogP contribution < -0.4 is 4.74 Å². The normalized spacial score (nSPS) is 11.3. The molecule has 0 spiro atoms. The zero-order chi connectivity index (χ0) is 19.7. The molecule has 3 aromatic heterocycles. The van der Waals surface area contributed by atoms with E-state index in [-0.39, 0.29) is 5.75 Å². The molecule has 142 valence electrons. The molecule has 0 radical (unpaired) electrons. The maximum absolute atomic E-state index is 12.8. The minimum Gasteiger partial charge on any atom is -0.435 e. The van der Waals surface area contributed by atoms with E-state index in [1.54, 1.807) is 24.4 Å². The smallest absolute Gasteiger partial charge is 0.387 e. The Balaban J connectivity index is 1.81. The van der Waals surface area contributed by atoms with E-state index in [1.807, 2.05) is 54.9 Å². The molecule has 0 atom stereocenters. The Bertz CT molecular complexity index is 1120. The molecule has 0 aliphatic carbocycles. The fraction of sp³-hybridized carbons (Fsp3) is 0.182. The number of nitrogens with zero attached hydrogens (tertiary/aromatic N) is 3. The number of pyridine rings is 2. The van der Waals surface area contributed by atoms with Gasteiger partial charge in [-0.1, -0.05) is 24.3 Å². The predicted molar refractivity (Wildman–Crippen MR) is 104 cm³/mol. The number of alkyl halides is 2. The third kappa shape index (κ3) is 3.45. The molecule has 0 amide bonds. The number of benzene rings is 1. The van der Waals surface area contributed by atoms with E-state index in [4.69, 9.17) is 0 Å². The van der Waals surface area contributed by atoms with Crippen molar-refractivity contribution < 1.29 is 13.5 Å². The molecule has 0 saturated carbocycles. The fourth-order valence-electron chi connectivity index (χ4n) is 3.43. The van der Waals surface area contributed by atoms with Crippen LogP contribution in [0.2, 0.25) is 0 Å². The van der Waals surface area contributed by atoms with Crippen molar-refractivity contribution in [3.05, 3.63) is 83.6 Å². The third-order valence-corrected chi connectivity index (χ3v) is 4.79. The summed E-state index contributed by atoms with van der Waals surface area (Å²) in [4.78, 5) is 8.86. The molecule has 28 heavy (non-hydrogen) atoms. The van der Waals surface area contributed by atoms with Gasteiger partial charge < -0.3 is 9.14 Å². The number of aryl methyl sites for hydroxylation is 2. The largest absolute Gasteiger partial charge is 0.435 e. The molecular weight excluding hydrogens is 360 g/mol. The van der Waals surface area contributed by atoms with Gasteiger partial charge in [-0.3, -0.25) is 4.98 Å². The Morgan fingerprint density at radius 1 is 1.11 bits per heavy atom. The summed E-state index contributed by atoms with van der Waals surface area (Å²) in [6.45, 7) is 1.11. The highest BCUT2D eigenvalue weighted by molar-refractivity contribution is 5.68. The van der Waals surface area contributed by atoms with Crippen molar-refractivity contribution in [3.63, 3.8) is 0 Å². The van der Waals surface area contributed by atoms with Gasteiger partial charge in [0.2, 0.25) is 0 Å². The zero-order valence-corrected chi connectivity index (χ0v) is 15.6. The minimum absolute atomic E-state index is 0.187. The first kappa shape index (κ1) is 18.1. The summed E-state index contributed by atoms with van der Waals surface area (Å²) in [5, 5.41) is 0. The molecule has 0 N–H and O–H groups in total. The number of fused-ring (bicyclic) bond motifs is 1. The van der Waals surface area contributed by atoms with Gasteiger partial charge >= 0.3 is 6.61 Å². The third-order valence-electron chi connectivity index (χ3n) is 4.79. The van der Waals surface area contributed by atoms with Gasteiger partial charge in [-0.15, -0.1) is 0 Å². The molecule has 0 aliphatic rings. The number of hydrogen-bond donors (Lipinski definition) is 0. The van der Waals surface area contributed by atoms with Gasteiger partial charge in [0.15, 0.2) is 0 Å². The Kier molecular flexibility index (Phi) is 4.77. The van der Waals surface area contributed by atoms with Crippen molar-refractivity contribution in [2.45, 2.75) is 26.9 Å². The van der Waals surface area contributed by atoms with Crippen molar-refractivity contribution in [1.82, 2.24) is 14.4 Å². The van der Waals surface area contributed by atoms with Crippen LogP contribution in [-0.2, 0) is 6.42 Å². The van der Waals surface area contributed by atoms with E-state index in [0.29, 0.717) is 12.0 Å². The zero-order valence-electron chi connectivity index (χ0n) is 15.6. The lowest BCUT2D eigenvalue weighted by Gasteiger charge is -2.12. The van der Waals surface area contributed by atoms with E-state index in [1.165, 1.54) is 0 Å². The summed E-state index contributed by atoms with van der Waals surface area (Å²) in [5.41, 5.74) is 6.47. The first-order valence-corrected chi connectivity index (χ1v) is 8.94. The highest BCUT2D eigenvalue weighted by Crippen LogP contribution is 2.28. The summed E-state index contributed by atoms with van der Waals surface area (Å²) in [6, 6.07) is 12.8. The summed E-state index contributed by atoms with van der Waals surface area (Å²) in [5.74, 6) is 0.187. The Morgan fingerprint density at radius 3 is 2.68 bits per heavy atom. The topological polar surface area (TPSA) is 39.4 Å². The molecule has 3 heterocycles. The van der Waals surface area contributed by atoms with Crippen LogP contribution in [0.3, 0.4) is 0 Å². The number of hydrogen-bond acceptors (Lipinski definition) is 3. The van der Waals surface area contributed by atoms with Gasteiger partial charge in [-0.25, -0.2) is 4.98 Å². The number of imidazole rings is 1. The van der Waals surface area contributed by atoms with E-state index in [9.17, 15) is 8.78 Å². The summed E-state index contributed by atoms with van der Waals surface area (Å²) in [6.07, 6.45) is 6.03. The average molecular weight is 379 g/mol. The van der Waals surface area contributed by atoms with Crippen LogP contribution in [0, 0.1) is 13.8 Å². The predicted octanol–water partition coefficient (Wildman–Crippen LogP) is 5.21. The highest BCUT2D eigenvalue weighted by atomic mass is 19.3. The van der Waals surface area contributed by atoms with Gasteiger partial charge in [-0.05, 0) is 37.6 Å². The molecule has 4 aromatic rings. The number of para-hydroxylation sites is 1. The molecule has 0 saturated heterocycles. The SMILES string of the molecule is Cc1cc2nc(C)c(Cc3ccccc3OC(F)F)n2cc1-c1cccnc1. The second-order valence-electron chi connectivity index (χ2n) is 6.65. The van der Waals surface area contributed by atoms with Crippen molar-refractivity contribution in [2.24, 2.45) is 0 Å². The van der Waals surface area contributed by atoms with Gasteiger partial charge in [-0.2, -0.15) is 8.78 Å². The van der Waals surface area contributed by atoms with Gasteiger partial charge in [0.05, 0.1) is 5.69 Å². The molecular formula is C22H19F2N3O. The van der Waals surface area contributed by atoms with E-state index in [0.717, 1.165) is 33.7 Å². The average Bonchev–Trinajstić information content (AvgIpc) is 2.97. The van der Waals surface area contributed by atoms with E-state index >= 15 is 0 Å². The molecule has 0 aliphatic heterocycles. The lowest BCUT2D eigenvalue weighted by Crippen LogP contribution is -2.06. The number of aromatic nitrogens is 3. The molecule has 0 unspecified atom stereocenters. The molecule has 0 fully saturated rings. The van der Waals surface area contributed by atoms with Crippen LogP contribution in [0.5, 0.6) is 5.75 Å². The molecule has 4 rings (SSSR count). The van der Waals surface area contributed by atoms with Crippen LogP contribution in [0.4, 0.5) is 8.78 Å². The van der Waals surface area contributed by atoms with Gasteiger partial charge in [0.1, 0.15) is 11.4 Å². The van der Waals surface area contributed by atoms with Gasteiger partial charge in [0.25, 0.3) is 0 Å². The lowest BCUT2D eigenvalue weighted by molar-refractivity contribution is -0.0503. The standard InChI is InChI=1S/C22H19F2N3O/c1-14-10-21-26-15(2)19(11-16-6-3-4-8-20(16)28-22(23)24)27(21)13-18(14)17-7-5-9-25-12-17/h3-10,12-13,22H,11H2,1-2H3. The quantitative estimate of drug-likeness (QED) is 0.478. The first-order valence-electron chi connectivity index (χ1n) is 8.94. The lowest BCUT2D eigenvalue weighted by atomic mass is 10.0. The van der Waals surface area contributed by atoms with Gasteiger partial charge in [0, 0.05) is 47.4 Å². The maximum Gasteiger partial charge on any atom is 0.387 e. The fourth-order valence-corrected chi connectivity index (χ4v) is 3.43. The van der Waals surface area contributed by atoms with Crippen LogP contribution in [0.1, 0.15) is 22.5 Å². The van der Waals surface area contributed by atoms with Crippen LogP contribution in [0.15, 0.2) is 61.1 Å². The highest BCUT2D eigenvalue weighted by Gasteiger charge is 2.16. The van der Waals surface area contributed by atoms with E-state index < -0.39 is 6.61 Å². The van der Waals surface area contributed by atoms with Crippen molar-refractivity contribution in [2.75, 3.05) is 0 Å². The van der Waals surface area contributed by atoms with Crippen molar-refractivity contribution in [3.8, 4) is 16.9 Å². The maximum atomic E-state index is 12.8. The Morgan fingerprint density at radius 2 is 1.93 bits per heavy atom. The Hall–Kier alpha value is -3.28. The van der Waals surface area contributed by atoms with Crippen molar-refractivity contribution in [1.29, 1.82) is 0 Å². The summed E-state index contributed by atoms with van der Waals surface area (Å²) < 4.78 is 32.2. The van der Waals surface area contributed by atoms with E-state index in [2.05, 4.69) is 14.7 Å². The van der Waals surface area contributed by atoms with Crippen LogP contribution in [-0.4, -0.2) is 21.0 Å². The molecule has 0 bridgehead atoms. The van der Waals surface area contributed by atoms with Crippen molar-refractivity contribution >= 4 is 5.65 Å². The molecule has 6 heteroatoms. The monoisotopic (exact) mass is 379 g/mol. The van der Waals surface area contributed by atoms with Crippen LogP contribution in [0.25, 0.3) is 16.8 Å².